The second kappa shape index (κ2) is 8.72. The molecule has 0 aromatic heterocycles. The number of nitrogens with one attached hydrogen (secondary N) is 1. The Kier molecular flexibility index (Phi) is 6.12. The number of carbonyl (C=O) groups excluding carboxylic acids is 1. The van der Waals surface area contributed by atoms with Crippen molar-refractivity contribution < 1.29 is 17.9 Å². The maximum atomic E-state index is 13.6. The van der Waals surface area contributed by atoms with E-state index in [-0.39, 0.29) is 16.9 Å². The van der Waals surface area contributed by atoms with Crippen LogP contribution in [0.2, 0.25) is 5.02 Å². The first-order valence-corrected chi connectivity index (χ1v) is 12.3. The van der Waals surface area contributed by atoms with Crippen LogP contribution in [0, 0.1) is 0 Å². The molecule has 3 aromatic rings. The van der Waals surface area contributed by atoms with Crippen LogP contribution in [-0.2, 0) is 20.2 Å². The number of nitrogens with zero attached hydrogens (tertiary/aromatic N) is 1. The van der Waals surface area contributed by atoms with E-state index in [1.165, 1.54) is 4.31 Å². The second-order valence-electron chi connectivity index (χ2n) is 8.89. The molecule has 0 saturated heterocycles. The van der Waals surface area contributed by atoms with Crippen LogP contribution in [0.3, 0.4) is 0 Å². The summed E-state index contributed by atoms with van der Waals surface area (Å²) >= 11 is 6.01. The molecule has 33 heavy (non-hydrogen) atoms. The molecule has 1 unspecified atom stereocenters. The number of anilines is 2. The van der Waals surface area contributed by atoms with Crippen LogP contribution in [0.1, 0.15) is 26.3 Å². The van der Waals surface area contributed by atoms with E-state index < -0.39 is 22.0 Å². The molecule has 3 aromatic carbocycles. The van der Waals surface area contributed by atoms with Gasteiger partial charge in [0.1, 0.15) is 5.75 Å². The zero-order valence-electron chi connectivity index (χ0n) is 18.6. The molecule has 0 spiro atoms. The zero-order chi connectivity index (χ0) is 23.8. The Bertz CT molecular complexity index is 1290. The molecule has 0 aliphatic carbocycles. The summed E-state index contributed by atoms with van der Waals surface area (Å²) < 4.78 is 34.4. The van der Waals surface area contributed by atoms with Crippen molar-refractivity contribution in [1.82, 2.24) is 0 Å². The van der Waals surface area contributed by atoms with Crippen LogP contribution in [0.15, 0.2) is 77.7 Å². The Morgan fingerprint density at radius 1 is 1.03 bits per heavy atom. The van der Waals surface area contributed by atoms with Gasteiger partial charge in [-0.25, -0.2) is 8.42 Å². The minimum atomic E-state index is -3.93. The molecule has 1 aliphatic heterocycles. The van der Waals surface area contributed by atoms with E-state index in [4.69, 9.17) is 16.3 Å². The van der Waals surface area contributed by atoms with Crippen molar-refractivity contribution in [1.29, 1.82) is 0 Å². The molecule has 8 heteroatoms. The average Bonchev–Trinajstić information content (AvgIpc) is 2.78. The van der Waals surface area contributed by atoms with E-state index in [0.29, 0.717) is 22.1 Å². The highest BCUT2D eigenvalue weighted by molar-refractivity contribution is 7.92. The molecule has 0 saturated carbocycles. The summed E-state index contributed by atoms with van der Waals surface area (Å²) in [7, 11) is -3.93. The summed E-state index contributed by atoms with van der Waals surface area (Å²) in [4.78, 5) is 13.2. The molecular weight excluding hydrogens is 460 g/mol. The highest BCUT2D eigenvalue weighted by Crippen LogP contribution is 2.40. The highest BCUT2D eigenvalue weighted by Gasteiger charge is 2.38. The summed E-state index contributed by atoms with van der Waals surface area (Å²) in [5, 5.41) is 3.24. The Labute approximate surface area is 199 Å². The third-order valence-corrected chi connectivity index (χ3v) is 7.44. The number of rotatable bonds is 4. The lowest BCUT2D eigenvalue weighted by atomic mass is 9.86. The lowest BCUT2D eigenvalue weighted by molar-refractivity contribution is -0.122. The maximum Gasteiger partial charge on any atom is 0.267 e. The number of hydrogen-bond acceptors (Lipinski definition) is 4. The number of amides is 1. The quantitative estimate of drug-likeness (QED) is 0.550. The number of halogens is 1. The Balaban J connectivity index is 1.74. The van der Waals surface area contributed by atoms with Crippen molar-refractivity contribution >= 4 is 38.9 Å². The number of fused-ring (bicyclic) bond motifs is 1. The van der Waals surface area contributed by atoms with E-state index in [9.17, 15) is 13.2 Å². The van der Waals surface area contributed by atoms with E-state index in [0.717, 1.165) is 5.56 Å². The van der Waals surface area contributed by atoms with Gasteiger partial charge in [0.25, 0.3) is 15.9 Å². The van der Waals surface area contributed by atoms with Gasteiger partial charge in [-0.3, -0.25) is 9.10 Å². The lowest BCUT2D eigenvalue weighted by Gasteiger charge is -2.36. The standard InChI is InChI=1S/C25H25ClN2O4S/c1-25(2,3)17-12-13-22-21(14-17)28(33(30,31)20-10-5-4-6-11-20)16-23(32-22)24(29)27-19-9-7-8-18(26)15-19/h4-15,23H,16H2,1-3H3,(H,27,29). The number of hydrogen-bond donors (Lipinski definition) is 1. The monoisotopic (exact) mass is 484 g/mol. The van der Waals surface area contributed by atoms with Crippen LogP contribution in [0.4, 0.5) is 11.4 Å². The van der Waals surface area contributed by atoms with Crippen molar-refractivity contribution in [3.05, 3.63) is 83.4 Å². The van der Waals surface area contributed by atoms with E-state index in [2.05, 4.69) is 26.1 Å². The zero-order valence-corrected chi connectivity index (χ0v) is 20.2. The fourth-order valence-electron chi connectivity index (χ4n) is 3.59. The van der Waals surface area contributed by atoms with Crippen molar-refractivity contribution in [3.63, 3.8) is 0 Å². The molecular formula is C25H25ClN2O4S. The summed E-state index contributed by atoms with van der Waals surface area (Å²) in [6.45, 7) is 5.99. The molecule has 0 fully saturated rings. The summed E-state index contributed by atoms with van der Waals surface area (Å²) in [5.74, 6) is -0.129. The van der Waals surface area contributed by atoms with E-state index in [1.807, 2.05) is 12.1 Å². The van der Waals surface area contributed by atoms with Crippen LogP contribution in [0.5, 0.6) is 5.75 Å². The van der Waals surface area contributed by atoms with Gasteiger partial charge in [0.15, 0.2) is 6.10 Å². The van der Waals surface area contributed by atoms with Gasteiger partial charge in [0.05, 0.1) is 17.1 Å². The number of carbonyl (C=O) groups is 1. The van der Waals surface area contributed by atoms with Gasteiger partial charge in [-0.15, -0.1) is 0 Å². The van der Waals surface area contributed by atoms with E-state index >= 15 is 0 Å². The first-order valence-electron chi connectivity index (χ1n) is 10.5. The van der Waals surface area contributed by atoms with Crippen molar-refractivity contribution in [2.45, 2.75) is 37.2 Å². The second-order valence-corrected chi connectivity index (χ2v) is 11.2. The largest absolute Gasteiger partial charge is 0.476 e. The highest BCUT2D eigenvalue weighted by atomic mass is 35.5. The predicted octanol–water partition coefficient (Wildman–Crippen LogP) is 5.23. The van der Waals surface area contributed by atoms with Crippen molar-refractivity contribution in [2.24, 2.45) is 0 Å². The van der Waals surface area contributed by atoms with Crippen LogP contribution >= 0.6 is 11.6 Å². The Morgan fingerprint density at radius 2 is 1.76 bits per heavy atom. The first-order chi connectivity index (χ1) is 15.6. The minimum absolute atomic E-state index is 0.146. The summed E-state index contributed by atoms with van der Waals surface area (Å²) in [5.41, 5.74) is 1.68. The van der Waals surface area contributed by atoms with Crippen LogP contribution in [0.25, 0.3) is 0 Å². The third-order valence-electron chi connectivity index (χ3n) is 5.41. The fraction of sp³-hybridized carbons (Fsp3) is 0.240. The van der Waals surface area contributed by atoms with Crippen LogP contribution in [-0.4, -0.2) is 27.0 Å². The molecule has 1 amide bonds. The third kappa shape index (κ3) is 4.84. The number of benzene rings is 3. The summed E-state index contributed by atoms with van der Waals surface area (Å²) in [6, 6.07) is 20.3. The molecule has 1 heterocycles. The molecule has 0 bridgehead atoms. The smallest absolute Gasteiger partial charge is 0.267 e. The van der Waals surface area contributed by atoms with E-state index in [1.54, 1.807) is 60.7 Å². The topological polar surface area (TPSA) is 75.7 Å². The minimum Gasteiger partial charge on any atom is -0.476 e. The fourth-order valence-corrected chi connectivity index (χ4v) is 5.27. The molecule has 0 radical (unpaired) electrons. The van der Waals surface area contributed by atoms with Gasteiger partial charge in [-0.1, -0.05) is 62.7 Å². The first kappa shape index (κ1) is 23.1. The predicted molar refractivity (Wildman–Crippen MR) is 131 cm³/mol. The van der Waals surface area contributed by atoms with Crippen molar-refractivity contribution in [3.8, 4) is 5.75 Å². The molecule has 1 atom stereocenters. The lowest BCUT2D eigenvalue weighted by Crippen LogP contribution is -2.49. The number of sulfonamides is 1. The average molecular weight is 485 g/mol. The molecule has 6 nitrogen and oxygen atoms in total. The molecule has 4 rings (SSSR count). The van der Waals surface area contributed by atoms with Crippen molar-refractivity contribution in [2.75, 3.05) is 16.2 Å². The van der Waals surface area contributed by atoms with Gasteiger partial charge < -0.3 is 10.1 Å². The number of ether oxygens (including phenoxy) is 1. The Morgan fingerprint density at radius 3 is 2.42 bits per heavy atom. The van der Waals surface area contributed by atoms with Gasteiger partial charge in [0.2, 0.25) is 0 Å². The maximum absolute atomic E-state index is 13.6. The normalized spacial score (nSPS) is 16.0. The molecule has 1 N–H and O–H groups in total. The molecule has 172 valence electrons. The summed E-state index contributed by atoms with van der Waals surface area (Å²) in [6.07, 6.45) is -1.05. The molecule has 1 aliphatic rings. The van der Waals surface area contributed by atoms with Gasteiger partial charge >= 0.3 is 0 Å². The van der Waals surface area contributed by atoms with Gasteiger partial charge in [-0.05, 0) is 53.4 Å². The SMILES string of the molecule is CC(C)(C)c1ccc2c(c1)N(S(=O)(=O)c1ccccc1)CC(C(=O)Nc1cccc(Cl)c1)O2. The van der Waals surface area contributed by atoms with Gasteiger partial charge in [-0.2, -0.15) is 0 Å². The van der Waals surface area contributed by atoms with Crippen LogP contribution < -0.4 is 14.4 Å². The Hall–Kier alpha value is -3.03. The van der Waals surface area contributed by atoms with Gasteiger partial charge in [0, 0.05) is 10.7 Å².